The Kier molecular flexibility index (Phi) is 5.37. The molecule has 2 aromatic carbocycles. The number of hydrogen-bond donors (Lipinski definition) is 2. The molecule has 2 aromatic heterocycles. The van der Waals surface area contributed by atoms with Crippen LogP contribution in [0.15, 0.2) is 63.8 Å². The minimum absolute atomic E-state index is 0.00546. The Morgan fingerprint density at radius 3 is 2.67 bits per heavy atom. The summed E-state index contributed by atoms with van der Waals surface area (Å²) in [5.74, 6) is -0.572. The number of rotatable bonds is 7. The van der Waals surface area contributed by atoms with Crippen molar-refractivity contribution in [3.05, 3.63) is 71.0 Å². The number of ether oxygens (including phenoxy) is 1. The molecule has 10 heteroatoms. The minimum atomic E-state index is -0.522. The number of nitrogens with one attached hydrogen (secondary N) is 1. The Bertz CT molecular complexity index is 1240. The number of aromatic nitrogens is 4. The van der Waals surface area contributed by atoms with Crippen molar-refractivity contribution in [1.29, 1.82) is 0 Å². The lowest BCUT2D eigenvalue weighted by molar-refractivity contribution is -0.145. The van der Waals surface area contributed by atoms with E-state index in [0.717, 1.165) is 5.69 Å². The lowest BCUT2D eigenvalue weighted by Gasteiger charge is -2.08. The van der Waals surface area contributed by atoms with Gasteiger partial charge in [0.1, 0.15) is 0 Å². The fourth-order valence-corrected chi connectivity index (χ4v) is 2.86. The van der Waals surface area contributed by atoms with Crippen molar-refractivity contribution in [1.82, 2.24) is 19.5 Å². The second kappa shape index (κ2) is 8.43. The normalized spacial score (nSPS) is 10.8. The van der Waals surface area contributed by atoms with Crippen molar-refractivity contribution < 1.29 is 13.9 Å². The predicted octanol–water partition coefficient (Wildman–Crippen LogP) is 2.24. The average molecular weight is 406 g/mol. The lowest BCUT2D eigenvalue weighted by Crippen LogP contribution is -2.18. The summed E-state index contributed by atoms with van der Waals surface area (Å²) in [7, 11) is 0. The number of carbonyl (C=O) groups excluding carboxylic acids is 1. The van der Waals surface area contributed by atoms with Crippen LogP contribution in [0.3, 0.4) is 0 Å². The number of hydrogen-bond acceptors (Lipinski definition) is 9. The van der Waals surface area contributed by atoms with Crippen LogP contribution in [-0.2, 0) is 22.7 Å². The van der Waals surface area contributed by atoms with Gasteiger partial charge in [0.05, 0.1) is 11.9 Å². The van der Waals surface area contributed by atoms with Gasteiger partial charge in [-0.2, -0.15) is 15.0 Å². The molecule has 0 amide bonds. The molecule has 152 valence electrons. The van der Waals surface area contributed by atoms with Crippen molar-refractivity contribution >= 4 is 34.7 Å². The third kappa shape index (κ3) is 4.43. The molecule has 0 saturated carbocycles. The molecule has 0 aliphatic rings. The first kappa shape index (κ1) is 19.1. The van der Waals surface area contributed by atoms with E-state index in [1.807, 2.05) is 30.3 Å². The fraction of sp³-hybridized carbons (Fsp3) is 0.150. The molecule has 2 heterocycles. The summed E-state index contributed by atoms with van der Waals surface area (Å²) in [4.78, 5) is 36.3. The molecule has 0 spiro atoms. The number of para-hydroxylation sites is 3. The van der Waals surface area contributed by atoms with Gasteiger partial charge in [0.15, 0.2) is 18.0 Å². The van der Waals surface area contributed by atoms with Crippen molar-refractivity contribution in [3.63, 3.8) is 0 Å². The van der Waals surface area contributed by atoms with E-state index < -0.39 is 11.7 Å². The summed E-state index contributed by atoms with van der Waals surface area (Å²) < 4.78 is 11.7. The molecule has 0 bridgehead atoms. The van der Waals surface area contributed by atoms with Crippen molar-refractivity contribution in [2.45, 2.75) is 19.6 Å². The number of benzene rings is 2. The van der Waals surface area contributed by atoms with E-state index in [1.165, 1.54) is 4.57 Å². The van der Waals surface area contributed by atoms with Gasteiger partial charge < -0.3 is 20.2 Å². The second-order valence-electron chi connectivity index (χ2n) is 6.32. The fourth-order valence-electron chi connectivity index (χ4n) is 2.86. The summed E-state index contributed by atoms with van der Waals surface area (Å²) in [6.45, 7) is -0.0368. The van der Waals surface area contributed by atoms with E-state index in [9.17, 15) is 9.59 Å². The third-order valence-corrected chi connectivity index (χ3v) is 4.20. The zero-order chi connectivity index (χ0) is 20.9. The number of nitrogens with zero attached hydrogens (tertiary/aromatic N) is 4. The standard InChI is InChI=1S/C20H18N6O4/c21-18-23-16(24-19(25-18)22-13-6-2-1-3-7-13)12-29-17(27)10-11-26-14-8-4-5-9-15(14)30-20(26)28/h1-9H,10-12H2,(H3,21,22,23,24,25). The van der Waals surface area contributed by atoms with E-state index in [0.29, 0.717) is 11.1 Å². The molecule has 0 aliphatic heterocycles. The summed E-state index contributed by atoms with van der Waals surface area (Å²) in [6.07, 6.45) is -0.0148. The third-order valence-electron chi connectivity index (χ3n) is 4.20. The van der Waals surface area contributed by atoms with Crippen LogP contribution in [0.4, 0.5) is 17.6 Å². The van der Waals surface area contributed by atoms with Gasteiger partial charge in [0, 0.05) is 12.2 Å². The van der Waals surface area contributed by atoms with Crippen LogP contribution in [0.5, 0.6) is 0 Å². The van der Waals surface area contributed by atoms with Gasteiger partial charge in [-0.15, -0.1) is 0 Å². The Morgan fingerprint density at radius 1 is 1.07 bits per heavy atom. The predicted molar refractivity (Wildman–Crippen MR) is 109 cm³/mol. The molecule has 3 N–H and O–H groups in total. The van der Waals surface area contributed by atoms with Crippen LogP contribution in [0.1, 0.15) is 12.2 Å². The summed E-state index contributed by atoms with van der Waals surface area (Å²) in [6, 6.07) is 16.3. The second-order valence-corrected chi connectivity index (χ2v) is 6.32. The largest absolute Gasteiger partial charge is 0.457 e. The molecule has 4 aromatic rings. The van der Waals surface area contributed by atoms with Crippen molar-refractivity contribution in [2.24, 2.45) is 0 Å². The van der Waals surface area contributed by atoms with Crippen LogP contribution >= 0.6 is 0 Å². The highest BCUT2D eigenvalue weighted by Gasteiger charge is 2.12. The molecule has 0 radical (unpaired) electrons. The van der Waals surface area contributed by atoms with Gasteiger partial charge >= 0.3 is 11.7 Å². The molecule has 4 rings (SSSR count). The monoisotopic (exact) mass is 406 g/mol. The van der Waals surface area contributed by atoms with Crippen LogP contribution in [0, 0.1) is 0 Å². The van der Waals surface area contributed by atoms with Crippen LogP contribution in [-0.4, -0.2) is 25.5 Å². The van der Waals surface area contributed by atoms with Gasteiger partial charge in [-0.1, -0.05) is 30.3 Å². The number of aryl methyl sites for hydroxylation is 1. The van der Waals surface area contributed by atoms with Crippen LogP contribution < -0.4 is 16.8 Å². The van der Waals surface area contributed by atoms with E-state index in [1.54, 1.807) is 24.3 Å². The van der Waals surface area contributed by atoms with Crippen molar-refractivity contribution in [3.8, 4) is 0 Å². The molecule has 10 nitrogen and oxygen atoms in total. The molecular formula is C20H18N6O4. The van der Waals surface area contributed by atoms with E-state index >= 15 is 0 Å². The zero-order valence-corrected chi connectivity index (χ0v) is 15.8. The molecule has 30 heavy (non-hydrogen) atoms. The Hall–Kier alpha value is -4.21. The van der Waals surface area contributed by atoms with Gasteiger partial charge in [-0.3, -0.25) is 9.36 Å². The first-order valence-electron chi connectivity index (χ1n) is 9.15. The maximum absolute atomic E-state index is 12.1. The van der Waals surface area contributed by atoms with Crippen LogP contribution in [0.25, 0.3) is 11.1 Å². The number of oxazole rings is 1. The maximum Gasteiger partial charge on any atom is 0.419 e. The number of nitrogens with two attached hydrogens (primary N) is 1. The topological polar surface area (TPSA) is 138 Å². The molecule has 0 aliphatic carbocycles. The lowest BCUT2D eigenvalue weighted by atomic mass is 10.3. The molecular weight excluding hydrogens is 388 g/mol. The average Bonchev–Trinajstić information content (AvgIpc) is 3.06. The van der Waals surface area contributed by atoms with Crippen LogP contribution in [0.2, 0.25) is 0 Å². The summed E-state index contributed by atoms with van der Waals surface area (Å²) >= 11 is 0. The maximum atomic E-state index is 12.1. The van der Waals surface area contributed by atoms with Gasteiger partial charge in [0.25, 0.3) is 0 Å². The number of fused-ring (bicyclic) bond motifs is 1. The highest BCUT2D eigenvalue weighted by Crippen LogP contribution is 2.14. The SMILES string of the molecule is Nc1nc(COC(=O)CCn2c(=O)oc3ccccc32)nc(Nc2ccccc2)n1. The van der Waals surface area contributed by atoms with E-state index in [4.69, 9.17) is 14.9 Å². The Balaban J connectivity index is 1.36. The number of nitrogen functional groups attached to an aromatic ring is 1. The molecule has 0 atom stereocenters. The van der Waals surface area contributed by atoms with Gasteiger partial charge in [-0.25, -0.2) is 4.79 Å². The van der Waals surface area contributed by atoms with Gasteiger partial charge in [-0.05, 0) is 24.3 Å². The Labute approximate surface area is 170 Å². The highest BCUT2D eigenvalue weighted by atomic mass is 16.5. The highest BCUT2D eigenvalue weighted by molar-refractivity contribution is 5.73. The first-order chi connectivity index (χ1) is 14.6. The first-order valence-corrected chi connectivity index (χ1v) is 9.15. The quantitative estimate of drug-likeness (QED) is 0.442. The number of esters is 1. The molecule has 0 fully saturated rings. The zero-order valence-electron chi connectivity index (χ0n) is 15.8. The van der Waals surface area contributed by atoms with Gasteiger partial charge in [0.2, 0.25) is 11.9 Å². The molecule has 0 unspecified atom stereocenters. The van der Waals surface area contributed by atoms with E-state index in [-0.39, 0.29) is 37.3 Å². The molecule has 0 saturated heterocycles. The van der Waals surface area contributed by atoms with Crippen molar-refractivity contribution in [2.75, 3.05) is 11.1 Å². The summed E-state index contributed by atoms with van der Waals surface area (Å²) in [5, 5.41) is 3.01. The number of anilines is 3. The van der Waals surface area contributed by atoms with E-state index in [2.05, 4.69) is 20.3 Å². The number of carbonyl (C=O) groups is 1. The minimum Gasteiger partial charge on any atom is -0.457 e. The summed E-state index contributed by atoms with van der Waals surface area (Å²) in [5.41, 5.74) is 7.59. The Morgan fingerprint density at radius 2 is 1.83 bits per heavy atom. The smallest absolute Gasteiger partial charge is 0.419 e.